The number of nitrogens with one attached hydrogen (secondary N) is 2. The van der Waals surface area contributed by atoms with Gasteiger partial charge in [-0.05, 0) is 73.1 Å². The number of nitrogens with zero attached hydrogens (tertiary/aromatic N) is 3. The molecule has 1 fully saturated rings. The molecule has 37 heavy (non-hydrogen) atoms. The summed E-state index contributed by atoms with van der Waals surface area (Å²) < 4.78 is 2.22. The first-order valence-electron chi connectivity index (χ1n) is 12.7. The summed E-state index contributed by atoms with van der Waals surface area (Å²) in [5, 5.41) is 7.21. The molecule has 3 heterocycles. The fraction of sp³-hybridized carbons (Fsp3) is 0.233. The maximum atomic E-state index is 13.0. The molecule has 0 unspecified atom stereocenters. The van der Waals surface area contributed by atoms with Gasteiger partial charge in [-0.15, -0.1) is 0 Å². The maximum absolute atomic E-state index is 13.0. The van der Waals surface area contributed by atoms with E-state index in [0.717, 1.165) is 34.7 Å². The Labute approximate surface area is 223 Å². The van der Waals surface area contributed by atoms with Gasteiger partial charge in [0.05, 0.1) is 17.8 Å². The summed E-state index contributed by atoms with van der Waals surface area (Å²) in [6.45, 7) is 4.69. The van der Waals surface area contributed by atoms with Crippen LogP contribution in [-0.4, -0.2) is 32.0 Å². The van der Waals surface area contributed by atoms with Crippen molar-refractivity contribution in [1.82, 2.24) is 19.8 Å². The van der Waals surface area contributed by atoms with Crippen LogP contribution in [0.3, 0.4) is 0 Å². The van der Waals surface area contributed by atoms with Crippen molar-refractivity contribution < 1.29 is 4.79 Å². The lowest BCUT2D eigenvalue weighted by Crippen LogP contribution is -2.33. The summed E-state index contributed by atoms with van der Waals surface area (Å²) in [6.07, 6.45) is 5.07. The molecule has 2 N–H and O–H groups in total. The zero-order valence-corrected chi connectivity index (χ0v) is 21.9. The molecule has 2 atom stereocenters. The fourth-order valence-electron chi connectivity index (χ4n) is 5.04. The lowest BCUT2D eigenvalue weighted by atomic mass is 10.0. The second-order valence-electron chi connectivity index (χ2n) is 9.22. The van der Waals surface area contributed by atoms with Crippen molar-refractivity contribution in [2.45, 2.75) is 38.8 Å². The molecule has 0 radical (unpaired) electrons. The smallest absolute Gasteiger partial charge is 0.226 e. The molecule has 7 heteroatoms. The molecule has 4 aromatic rings. The Morgan fingerprint density at radius 3 is 2.59 bits per heavy atom. The number of aryl methyl sites for hydroxylation is 2. The third-order valence-corrected chi connectivity index (χ3v) is 7.26. The van der Waals surface area contributed by atoms with Gasteiger partial charge < -0.3 is 20.1 Å². The van der Waals surface area contributed by atoms with E-state index in [0.29, 0.717) is 18.1 Å². The highest BCUT2D eigenvalue weighted by Crippen LogP contribution is 2.39. The molecule has 2 aromatic heterocycles. The number of rotatable bonds is 8. The molecule has 0 spiro atoms. The molecule has 1 saturated heterocycles. The van der Waals surface area contributed by atoms with Gasteiger partial charge in [0.2, 0.25) is 5.91 Å². The van der Waals surface area contributed by atoms with Crippen LogP contribution in [0.4, 0.5) is 5.69 Å². The molecule has 1 amide bonds. The van der Waals surface area contributed by atoms with Crippen molar-refractivity contribution in [2.24, 2.45) is 0 Å². The number of carbonyl (C=O) groups excluding carboxylic acids is 1. The molecule has 0 saturated carbocycles. The predicted molar refractivity (Wildman–Crippen MR) is 152 cm³/mol. The summed E-state index contributed by atoms with van der Waals surface area (Å²) >= 11 is 5.82. The zero-order valence-electron chi connectivity index (χ0n) is 21.1. The largest absolute Gasteiger partial charge is 0.352 e. The van der Waals surface area contributed by atoms with Gasteiger partial charge in [-0.2, -0.15) is 0 Å². The Bertz CT molecular complexity index is 1400. The van der Waals surface area contributed by atoms with Gasteiger partial charge in [0.15, 0.2) is 5.11 Å². The van der Waals surface area contributed by atoms with Gasteiger partial charge >= 0.3 is 0 Å². The molecule has 6 nitrogen and oxygen atoms in total. The Hall–Kier alpha value is -3.97. The predicted octanol–water partition coefficient (Wildman–Crippen LogP) is 5.74. The first-order valence-corrected chi connectivity index (χ1v) is 13.1. The number of benzene rings is 2. The van der Waals surface area contributed by atoms with Crippen LogP contribution < -0.4 is 10.6 Å². The van der Waals surface area contributed by atoms with Gasteiger partial charge in [-0.1, -0.05) is 49.4 Å². The molecular weight excluding hydrogens is 478 g/mol. The van der Waals surface area contributed by atoms with Crippen molar-refractivity contribution in [3.63, 3.8) is 0 Å². The van der Waals surface area contributed by atoms with Crippen LogP contribution in [0.5, 0.6) is 0 Å². The van der Waals surface area contributed by atoms with Crippen LogP contribution in [0.1, 0.15) is 47.9 Å². The van der Waals surface area contributed by atoms with E-state index in [1.54, 1.807) is 6.20 Å². The van der Waals surface area contributed by atoms with Gasteiger partial charge in [0.1, 0.15) is 0 Å². The Balaban J connectivity index is 1.45. The summed E-state index contributed by atoms with van der Waals surface area (Å²) in [4.78, 5) is 19.8. The van der Waals surface area contributed by atoms with E-state index >= 15 is 0 Å². The number of hydrogen-bond donors (Lipinski definition) is 2. The Kier molecular flexibility index (Phi) is 7.32. The maximum Gasteiger partial charge on any atom is 0.226 e. The molecule has 188 valence electrons. The van der Waals surface area contributed by atoms with Crippen LogP contribution in [0.2, 0.25) is 0 Å². The number of aromatic nitrogens is 2. The highest BCUT2D eigenvalue weighted by molar-refractivity contribution is 7.80. The number of thiocarbonyl (C=S) groups is 1. The quantitative estimate of drug-likeness (QED) is 0.297. The van der Waals surface area contributed by atoms with Gasteiger partial charge in [0, 0.05) is 42.4 Å². The lowest BCUT2D eigenvalue weighted by molar-refractivity contribution is -0.116. The molecule has 0 aliphatic carbocycles. The van der Waals surface area contributed by atoms with Crippen molar-refractivity contribution in [2.75, 3.05) is 11.9 Å². The van der Waals surface area contributed by atoms with Crippen LogP contribution in [0.25, 0.3) is 5.69 Å². The SMILES string of the molecule is CCc1ccccc1NC(=O)CCN1C(=S)N[C@H](c2ccccn2)[C@H]1c1cccn1-c1ccccc1C. The third kappa shape index (κ3) is 5.13. The van der Waals surface area contributed by atoms with E-state index in [9.17, 15) is 4.79 Å². The van der Waals surface area contributed by atoms with Gasteiger partial charge in [0.25, 0.3) is 0 Å². The van der Waals surface area contributed by atoms with E-state index in [4.69, 9.17) is 12.2 Å². The fourth-order valence-corrected chi connectivity index (χ4v) is 5.37. The second kappa shape index (κ2) is 11.0. The minimum absolute atomic E-state index is 0.0296. The van der Waals surface area contributed by atoms with E-state index in [1.165, 1.54) is 5.56 Å². The topological polar surface area (TPSA) is 62.2 Å². The van der Waals surface area contributed by atoms with Crippen molar-refractivity contribution in [3.05, 3.63) is 114 Å². The Morgan fingerprint density at radius 2 is 1.81 bits per heavy atom. The average Bonchev–Trinajstić information content (AvgIpc) is 3.52. The normalized spacial score (nSPS) is 17.0. The van der Waals surface area contributed by atoms with E-state index in [1.807, 2.05) is 48.5 Å². The molecule has 5 rings (SSSR count). The van der Waals surface area contributed by atoms with E-state index in [2.05, 4.69) is 75.5 Å². The summed E-state index contributed by atoms with van der Waals surface area (Å²) in [5.41, 5.74) is 6.30. The number of para-hydroxylation sites is 2. The minimum Gasteiger partial charge on any atom is -0.352 e. The number of hydrogen-bond acceptors (Lipinski definition) is 3. The van der Waals surface area contributed by atoms with Crippen molar-refractivity contribution in [3.8, 4) is 5.69 Å². The van der Waals surface area contributed by atoms with E-state index < -0.39 is 0 Å². The zero-order chi connectivity index (χ0) is 25.8. The van der Waals surface area contributed by atoms with Crippen LogP contribution >= 0.6 is 12.2 Å². The molecule has 0 bridgehead atoms. The number of amides is 1. The minimum atomic E-state index is -0.143. The molecular formula is C30H31N5OS. The van der Waals surface area contributed by atoms with Crippen molar-refractivity contribution in [1.29, 1.82) is 0 Å². The molecule has 2 aromatic carbocycles. The van der Waals surface area contributed by atoms with Gasteiger partial charge in [-0.25, -0.2) is 0 Å². The lowest BCUT2D eigenvalue weighted by Gasteiger charge is -2.29. The van der Waals surface area contributed by atoms with Crippen LogP contribution in [0.15, 0.2) is 91.3 Å². The van der Waals surface area contributed by atoms with Crippen LogP contribution in [-0.2, 0) is 11.2 Å². The second-order valence-corrected chi connectivity index (χ2v) is 9.61. The van der Waals surface area contributed by atoms with E-state index in [-0.39, 0.29) is 18.0 Å². The third-order valence-electron chi connectivity index (χ3n) is 6.91. The highest BCUT2D eigenvalue weighted by atomic mass is 32.1. The number of carbonyl (C=O) groups is 1. The first-order chi connectivity index (χ1) is 18.1. The first kappa shape index (κ1) is 24.7. The number of anilines is 1. The highest BCUT2D eigenvalue weighted by Gasteiger charge is 2.41. The molecule has 1 aliphatic rings. The Morgan fingerprint density at radius 1 is 1.03 bits per heavy atom. The van der Waals surface area contributed by atoms with Crippen LogP contribution in [0, 0.1) is 6.92 Å². The van der Waals surface area contributed by atoms with Crippen molar-refractivity contribution >= 4 is 28.9 Å². The standard InChI is InChI=1S/C30H31N5OS/c1-3-22-12-5-6-13-23(22)32-27(36)17-20-35-29(28(33-30(35)37)24-14-8-9-18-31-24)26-16-10-19-34(26)25-15-7-4-11-21(25)2/h4-16,18-19,28-29H,3,17,20H2,1-2H3,(H,32,36)(H,33,37)/t28-,29-/m1/s1. The summed E-state index contributed by atoms with van der Waals surface area (Å²) in [5.74, 6) is -0.0296. The van der Waals surface area contributed by atoms with Gasteiger partial charge in [-0.3, -0.25) is 9.78 Å². The summed E-state index contributed by atoms with van der Waals surface area (Å²) in [6, 6.07) is 26.1. The molecule has 1 aliphatic heterocycles. The number of pyridine rings is 1. The summed E-state index contributed by atoms with van der Waals surface area (Å²) in [7, 11) is 0. The average molecular weight is 510 g/mol. The monoisotopic (exact) mass is 509 g/mol.